The monoisotopic (exact) mass is 302 g/mol. The molecule has 7 heteroatoms. The van der Waals surface area contributed by atoms with Crippen LogP contribution >= 0.6 is 27.7 Å². The highest BCUT2D eigenvalue weighted by Gasteiger charge is 2.06. The molecule has 0 aliphatic rings. The van der Waals surface area contributed by atoms with E-state index >= 15 is 0 Å². The fraction of sp³-hybridized carbons (Fsp3) is 0.222. The van der Waals surface area contributed by atoms with E-state index in [1.807, 2.05) is 0 Å². The summed E-state index contributed by atoms with van der Waals surface area (Å²) in [7, 11) is 1.78. The average Bonchev–Trinajstić information content (AvgIpc) is 2.63. The Hall–Kier alpha value is -0.950. The molecule has 0 atom stereocenters. The SMILES string of the molecule is Cn1nnnc1SCc1ccc(F)cc1Br. The Balaban J connectivity index is 2.08. The number of nitrogens with zero attached hydrogens (tertiary/aromatic N) is 4. The normalized spacial score (nSPS) is 10.7. The summed E-state index contributed by atoms with van der Waals surface area (Å²) in [5.41, 5.74) is 1.01. The van der Waals surface area contributed by atoms with E-state index in [-0.39, 0.29) is 5.82 Å². The molecule has 0 unspecified atom stereocenters. The van der Waals surface area contributed by atoms with Crippen molar-refractivity contribution in [1.82, 2.24) is 20.2 Å². The molecule has 1 aromatic heterocycles. The van der Waals surface area contributed by atoms with Crippen LogP contribution in [0.5, 0.6) is 0 Å². The largest absolute Gasteiger partial charge is 0.224 e. The van der Waals surface area contributed by atoms with Crippen molar-refractivity contribution in [3.8, 4) is 0 Å². The summed E-state index contributed by atoms with van der Waals surface area (Å²) >= 11 is 4.82. The Kier molecular flexibility index (Phi) is 3.55. The lowest BCUT2D eigenvalue weighted by Gasteiger charge is -2.03. The van der Waals surface area contributed by atoms with E-state index < -0.39 is 0 Å². The van der Waals surface area contributed by atoms with E-state index in [2.05, 4.69) is 31.5 Å². The molecule has 0 bridgehead atoms. The zero-order chi connectivity index (χ0) is 11.5. The van der Waals surface area contributed by atoms with Gasteiger partial charge in [0.1, 0.15) is 5.82 Å². The van der Waals surface area contributed by atoms with Crippen molar-refractivity contribution >= 4 is 27.7 Å². The molecule has 0 saturated heterocycles. The first kappa shape index (κ1) is 11.5. The molecule has 1 aromatic carbocycles. The fourth-order valence-corrected chi connectivity index (χ4v) is 2.66. The maximum absolute atomic E-state index is 12.9. The molecule has 16 heavy (non-hydrogen) atoms. The summed E-state index contributed by atoms with van der Waals surface area (Å²) in [6.45, 7) is 0. The number of thioether (sulfide) groups is 1. The predicted octanol–water partition coefficient (Wildman–Crippen LogP) is 2.40. The number of benzene rings is 1. The summed E-state index contributed by atoms with van der Waals surface area (Å²) in [6, 6.07) is 4.64. The van der Waals surface area contributed by atoms with Crippen molar-refractivity contribution in [3.63, 3.8) is 0 Å². The van der Waals surface area contributed by atoms with Gasteiger partial charge in [0.2, 0.25) is 5.16 Å². The van der Waals surface area contributed by atoms with Gasteiger partial charge in [0.05, 0.1) is 0 Å². The van der Waals surface area contributed by atoms with Crippen molar-refractivity contribution in [1.29, 1.82) is 0 Å². The molecule has 0 amide bonds. The van der Waals surface area contributed by atoms with Gasteiger partial charge >= 0.3 is 0 Å². The lowest BCUT2D eigenvalue weighted by Crippen LogP contribution is -1.93. The zero-order valence-corrected chi connectivity index (χ0v) is 10.8. The highest BCUT2D eigenvalue weighted by atomic mass is 79.9. The van der Waals surface area contributed by atoms with Crippen LogP contribution in [-0.4, -0.2) is 20.2 Å². The van der Waals surface area contributed by atoms with Crippen LogP contribution in [0, 0.1) is 5.82 Å². The molecule has 2 aromatic rings. The Morgan fingerprint density at radius 3 is 2.94 bits per heavy atom. The third kappa shape index (κ3) is 2.59. The molecule has 0 N–H and O–H groups in total. The third-order valence-corrected chi connectivity index (χ3v) is 3.75. The minimum absolute atomic E-state index is 0.249. The molecule has 1 heterocycles. The molecule has 2 rings (SSSR count). The van der Waals surface area contributed by atoms with Gasteiger partial charge in [-0.25, -0.2) is 9.07 Å². The summed E-state index contributed by atoms with van der Waals surface area (Å²) in [4.78, 5) is 0. The number of aryl methyl sites for hydroxylation is 1. The Bertz CT molecular complexity index is 502. The van der Waals surface area contributed by atoms with Crippen LogP contribution in [0.1, 0.15) is 5.56 Å². The summed E-state index contributed by atoms with van der Waals surface area (Å²) in [5, 5.41) is 11.9. The lowest BCUT2D eigenvalue weighted by molar-refractivity contribution is 0.626. The van der Waals surface area contributed by atoms with Gasteiger partial charge in [-0.3, -0.25) is 0 Å². The van der Waals surface area contributed by atoms with Crippen molar-refractivity contribution in [3.05, 3.63) is 34.1 Å². The Morgan fingerprint density at radius 1 is 1.50 bits per heavy atom. The summed E-state index contributed by atoms with van der Waals surface area (Å²) in [6.07, 6.45) is 0. The average molecular weight is 303 g/mol. The van der Waals surface area contributed by atoms with Crippen LogP contribution in [0.15, 0.2) is 27.8 Å². The summed E-state index contributed by atoms with van der Waals surface area (Å²) in [5.74, 6) is 0.440. The maximum atomic E-state index is 12.9. The van der Waals surface area contributed by atoms with Gasteiger partial charge in [-0.15, -0.1) is 5.10 Å². The van der Waals surface area contributed by atoms with Crippen molar-refractivity contribution in [2.45, 2.75) is 10.9 Å². The maximum Gasteiger partial charge on any atom is 0.209 e. The van der Waals surface area contributed by atoms with Gasteiger partial charge in [-0.2, -0.15) is 0 Å². The minimum atomic E-state index is -0.249. The molecule has 0 fully saturated rings. The van der Waals surface area contributed by atoms with Gasteiger partial charge in [0, 0.05) is 17.3 Å². The van der Waals surface area contributed by atoms with E-state index in [1.165, 1.54) is 23.9 Å². The molecule has 0 radical (unpaired) electrons. The third-order valence-electron chi connectivity index (χ3n) is 1.95. The standard InChI is InChI=1S/C9H8BrFN4S/c1-15-9(12-13-14-15)16-5-6-2-3-7(11)4-8(6)10/h2-4H,5H2,1H3. The predicted molar refractivity (Wildman–Crippen MR) is 62.5 cm³/mol. The number of tetrazole rings is 1. The number of hydrogen-bond acceptors (Lipinski definition) is 4. The number of hydrogen-bond donors (Lipinski definition) is 0. The summed E-state index contributed by atoms with van der Waals surface area (Å²) < 4.78 is 15.2. The minimum Gasteiger partial charge on any atom is -0.224 e. The highest BCUT2D eigenvalue weighted by Crippen LogP contribution is 2.25. The first-order valence-corrected chi connectivity index (χ1v) is 6.24. The van der Waals surface area contributed by atoms with Gasteiger partial charge < -0.3 is 0 Å². The van der Waals surface area contributed by atoms with E-state index in [9.17, 15) is 4.39 Å². The molecule has 4 nitrogen and oxygen atoms in total. The van der Waals surface area contributed by atoms with E-state index in [1.54, 1.807) is 17.8 Å². The van der Waals surface area contributed by atoms with E-state index in [0.717, 1.165) is 15.2 Å². The van der Waals surface area contributed by atoms with Crippen LogP contribution in [-0.2, 0) is 12.8 Å². The zero-order valence-electron chi connectivity index (χ0n) is 8.39. The lowest BCUT2D eigenvalue weighted by atomic mass is 10.2. The second kappa shape index (κ2) is 4.92. The van der Waals surface area contributed by atoms with Crippen LogP contribution in [0.3, 0.4) is 0 Å². The molecule has 0 spiro atoms. The van der Waals surface area contributed by atoms with Crippen molar-refractivity contribution in [2.75, 3.05) is 0 Å². The number of rotatable bonds is 3. The molecular formula is C9H8BrFN4S. The van der Waals surface area contributed by atoms with Gasteiger partial charge in [0.15, 0.2) is 0 Å². The Morgan fingerprint density at radius 2 is 2.31 bits per heavy atom. The molecule has 84 valence electrons. The fourth-order valence-electron chi connectivity index (χ4n) is 1.12. The molecular weight excluding hydrogens is 295 g/mol. The quantitative estimate of drug-likeness (QED) is 0.817. The van der Waals surface area contributed by atoms with Gasteiger partial charge in [-0.05, 0) is 28.1 Å². The van der Waals surface area contributed by atoms with Crippen LogP contribution in [0.25, 0.3) is 0 Å². The highest BCUT2D eigenvalue weighted by molar-refractivity contribution is 9.10. The first-order valence-electron chi connectivity index (χ1n) is 4.46. The first-order chi connectivity index (χ1) is 7.66. The number of halogens is 2. The van der Waals surface area contributed by atoms with Crippen molar-refractivity contribution < 1.29 is 4.39 Å². The van der Waals surface area contributed by atoms with Crippen LogP contribution in [0.2, 0.25) is 0 Å². The second-order valence-corrected chi connectivity index (χ2v) is 4.91. The smallest absolute Gasteiger partial charge is 0.209 e. The topological polar surface area (TPSA) is 43.6 Å². The van der Waals surface area contributed by atoms with Crippen LogP contribution in [0.4, 0.5) is 4.39 Å². The van der Waals surface area contributed by atoms with E-state index in [0.29, 0.717) is 5.75 Å². The van der Waals surface area contributed by atoms with Crippen LogP contribution < -0.4 is 0 Å². The van der Waals surface area contributed by atoms with Crippen molar-refractivity contribution in [2.24, 2.45) is 7.05 Å². The molecule has 0 aliphatic heterocycles. The van der Waals surface area contributed by atoms with E-state index in [4.69, 9.17) is 0 Å². The van der Waals surface area contributed by atoms with Gasteiger partial charge in [0.25, 0.3) is 0 Å². The second-order valence-electron chi connectivity index (χ2n) is 3.11. The van der Waals surface area contributed by atoms with Gasteiger partial charge in [-0.1, -0.05) is 33.8 Å². The molecule has 0 saturated carbocycles. The number of aromatic nitrogens is 4. The Labute approximate surface area is 104 Å². The molecule has 0 aliphatic carbocycles.